The molecule has 0 aromatic carbocycles. The number of aromatic nitrogens is 4. The van der Waals surface area contributed by atoms with Crippen molar-refractivity contribution in [3.8, 4) is 0 Å². The van der Waals surface area contributed by atoms with E-state index in [4.69, 9.17) is 0 Å². The Kier molecular flexibility index (Phi) is 4.24. The zero-order valence-corrected chi connectivity index (χ0v) is 13.0. The first-order chi connectivity index (χ1) is 9.92. The van der Waals surface area contributed by atoms with Crippen molar-refractivity contribution >= 4 is 11.8 Å². The Balaban J connectivity index is 2.30. The Morgan fingerprint density at radius 3 is 2.57 bits per heavy atom. The zero-order valence-electron chi connectivity index (χ0n) is 13.0. The lowest BCUT2D eigenvalue weighted by molar-refractivity contribution is -0.158. The van der Waals surface area contributed by atoms with Gasteiger partial charge in [0.15, 0.2) is 5.82 Å². The molecule has 0 bridgehead atoms. The molecule has 1 aromatic rings. The van der Waals surface area contributed by atoms with Crippen molar-refractivity contribution in [1.82, 2.24) is 30.4 Å². The third kappa shape index (κ3) is 2.74. The summed E-state index contributed by atoms with van der Waals surface area (Å²) in [6.45, 7) is 5.86. The van der Waals surface area contributed by atoms with Crippen LogP contribution in [0.5, 0.6) is 0 Å². The first kappa shape index (κ1) is 15.4. The molecule has 2 unspecified atom stereocenters. The molecular formula is C13H22N6O2. The predicted molar refractivity (Wildman–Crippen MR) is 74.9 cm³/mol. The van der Waals surface area contributed by atoms with Crippen LogP contribution in [0.1, 0.15) is 45.9 Å². The highest BCUT2D eigenvalue weighted by Crippen LogP contribution is 2.27. The normalized spacial score (nSPS) is 26.1. The number of hydrogen-bond acceptors (Lipinski definition) is 5. The molecule has 8 nitrogen and oxygen atoms in total. The van der Waals surface area contributed by atoms with Crippen molar-refractivity contribution in [1.29, 1.82) is 0 Å². The van der Waals surface area contributed by atoms with Gasteiger partial charge in [-0.25, -0.2) is 0 Å². The van der Waals surface area contributed by atoms with Crippen LogP contribution in [-0.2, 0) is 23.2 Å². The number of rotatable bonds is 5. The van der Waals surface area contributed by atoms with Crippen LogP contribution in [0.3, 0.4) is 0 Å². The van der Waals surface area contributed by atoms with E-state index in [1.165, 1.54) is 4.80 Å². The molecule has 0 spiro atoms. The van der Waals surface area contributed by atoms with Crippen LogP contribution in [0, 0.1) is 0 Å². The number of hydrogen-bond donors (Lipinski definition) is 1. The lowest BCUT2D eigenvalue weighted by Gasteiger charge is -2.45. The number of nitrogens with zero attached hydrogens (tertiary/aromatic N) is 5. The van der Waals surface area contributed by atoms with Crippen LogP contribution in [-0.4, -0.2) is 48.5 Å². The van der Waals surface area contributed by atoms with E-state index in [0.717, 1.165) is 6.42 Å². The average Bonchev–Trinajstić information content (AvgIpc) is 2.86. The number of aryl methyl sites for hydroxylation is 1. The number of carbonyl (C=O) groups excluding carboxylic acids is 2. The summed E-state index contributed by atoms with van der Waals surface area (Å²) in [6.07, 6.45) is 2.00. The van der Waals surface area contributed by atoms with Gasteiger partial charge >= 0.3 is 0 Å². The Hall–Kier alpha value is -1.99. The summed E-state index contributed by atoms with van der Waals surface area (Å²) in [5.41, 5.74) is -0.874. The quantitative estimate of drug-likeness (QED) is 0.825. The lowest BCUT2D eigenvalue weighted by atomic mass is 9.89. The molecule has 0 saturated carbocycles. The van der Waals surface area contributed by atoms with E-state index in [1.54, 1.807) is 18.9 Å². The molecule has 1 saturated heterocycles. The summed E-state index contributed by atoms with van der Waals surface area (Å²) in [7, 11) is 1.67. The van der Waals surface area contributed by atoms with Crippen molar-refractivity contribution in [3.05, 3.63) is 5.82 Å². The van der Waals surface area contributed by atoms with Crippen LogP contribution < -0.4 is 5.32 Å². The zero-order chi connectivity index (χ0) is 15.6. The van der Waals surface area contributed by atoms with Gasteiger partial charge in [0, 0.05) is 0 Å². The summed E-state index contributed by atoms with van der Waals surface area (Å²) >= 11 is 0. The Bertz CT molecular complexity index is 543. The largest absolute Gasteiger partial charge is 0.342 e. The number of carbonyl (C=O) groups is 2. The summed E-state index contributed by atoms with van der Waals surface area (Å²) in [6, 6.07) is -0.459. The van der Waals surface area contributed by atoms with Crippen molar-refractivity contribution in [2.75, 3.05) is 0 Å². The van der Waals surface area contributed by atoms with Crippen LogP contribution in [0.15, 0.2) is 0 Å². The maximum atomic E-state index is 12.7. The highest BCUT2D eigenvalue weighted by Gasteiger charge is 2.48. The van der Waals surface area contributed by atoms with Crippen molar-refractivity contribution in [2.24, 2.45) is 7.05 Å². The second-order valence-electron chi connectivity index (χ2n) is 5.56. The first-order valence-electron chi connectivity index (χ1n) is 7.27. The van der Waals surface area contributed by atoms with Gasteiger partial charge in [-0.1, -0.05) is 20.3 Å². The Labute approximate surface area is 123 Å². The van der Waals surface area contributed by atoms with Crippen LogP contribution in [0.25, 0.3) is 0 Å². The van der Waals surface area contributed by atoms with Crippen LogP contribution >= 0.6 is 0 Å². The highest BCUT2D eigenvalue weighted by atomic mass is 16.2. The molecule has 1 aliphatic rings. The second-order valence-corrected chi connectivity index (χ2v) is 5.56. The fraction of sp³-hybridized carbons (Fsp3) is 0.769. The molecule has 1 aliphatic heterocycles. The SMILES string of the molecule is CCCC1NC(=O)C(C)(CC)N(Cc2nnn(C)n2)C1=O. The van der Waals surface area contributed by atoms with E-state index in [2.05, 4.69) is 20.7 Å². The van der Waals surface area contributed by atoms with Gasteiger partial charge in [0.05, 0.1) is 13.6 Å². The van der Waals surface area contributed by atoms with Crippen LogP contribution in [0.4, 0.5) is 0 Å². The van der Waals surface area contributed by atoms with Crippen molar-refractivity contribution in [2.45, 2.75) is 58.2 Å². The smallest absolute Gasteiger partial charge is 0.246 e. The highest BCUT2D eigenvalue weighted by molar-refractivity contribution is 5.99. The molecule has 2 heterocycles. The van der Waals surface area contributed by atoms with Gasteiger partial charge in [-0.2, -0.15) is 4.80 Å². The number of nitrogens with one attached hydrogen (secondary N) is 1. The summed E-state index contributed by atoms with van der Waals surface area (Å²) in [4.78, 5) is 28.0. The first-order valence-corrected chi connectivity index (χ1v) is 7.27. The fourth-order valence-electron chi connectivity index (χ4n) is 2.55. The summed E-state index contributed by atoms with van der Waals surface area (Å²) in [5, 5.41) is 14.6. The molecule has 21 heavy (non-hydrogen) atoms. The summed E-state index contributed by atoms with van der Waals surface area (Å²) in [5.74, 6) is 0.246. The van der Waals surface area contributed by atoms with Crippen molar-refractivity contribution in [3.63, 3.8) is 0 Å². The van der Waals surface area contributed by atoms with Crippen LogP contribution in [0.2, 0.25) is 0 Å². The molecule has 2 amide bonds. The average molecular weight is 294 g/mol. The maximum absolute atomic E-state index is 12.7. The monoisotopic (exact) mass is 294 g/mol. The minimum atomic E-state index is -0.874. The minimum Gasteiger partial charge on any atom is -0.342 e. The third-order valence-corrected chi connectivity index (χ3v) is 4.07. The van der Waals surface area contributed by atoms with E-state index in [9.17, 15) is 9.59 Å². The van der Waals surface area contributed by atoms with Gasteiger partial charge in [0.2, 0.25) is 11.8 Å². The molecular weight excluding hydrogens is 272 g/mol. The third-order valence-electron chi connectivity index (χ3n) is 4.07. The maximum Gasteiger partial charge on any atom is 0.246 e. The minimum absolute atomic E-state index is 0.0757. The van der Waals surface area contributed by atoms with Gasteiger partial charge in [-0.15, -0.1) is 10.2 Å². The molecule has 0 radical (unpaired) electrons. The Morgan fingerprint density at radius 2 is 2.05 bits per heavy atom. The topological polar surface area (TPSA) is 93.0 Å². The summed E-state index contributed by atoms with van der Waals surface area (Å²) < 4.78 is 0. The number of amides is 2. The molecule has 1 aromatic heterocycles. The molecule has 2 rings (SSSR count). The molecule has 1 fully saturated rings. The van der Waals surface area contributed by atoms with Gasteiger partial charge in [0.25, 0.3) is 0 Å². The van der Waals surface area contributed by atoms with E-state index >= 15 is 0 Å². The lowest BCUT2D eigenvalue weighted by Crippen LogP contribution is -2.68. The molecule has 0 aliphatic carbocycles. The van der Waals surface area contributed by atoms with Gasteiger partial charge in [0.1, 0.15) is 11.6 Å². The second kappa shape index (κ2) is 5.79. The van der Waals surface area contributed by atoms with E-state index in [-0.39, 0.29) is 18.4 Å². The van der Waals surface area contributed by atoms with Crippen molar-refractivity contribution < 1.29 is 9.59 Å². The number of piperazine rings is 1. The van der Waals surface area contributed by atoms with E-state index in [0.29, 0.717) is 18.7 Å². The van der Waals surface area contributed by atoms with E-state index in [1.807, 2.05) is 13.8 Å². The van der Waals surface area contributed by atoms with Gasteiger partial charge in [-0.05, 0) is 25.0 Å². The Morgan fingerprint density at radius 1 is 1.33 bits per heavy atom. The molecule has 1 N–H and O–H groups in total. The van der Waals surface area contributed by atoms with Gasteiger partial charge < -0.3 is 10.2 Å². The standard InChI is InChI=1S/C13H22N6O2/c1-5-7-9-11(20)19(8-10-15-17-18(4)16-10)13(3,6-2)12(21)14-9/h9H,5-8H2,1-4H3,(H,14,21). The van der Waals surface area contributed by atoms with Gasteiger partial charge in [-0.3, -0.25) is 9.59 Å². The fourth-order valence-corrected chi connectivity index (χ4v) is 2.55. The predicted octanol–water partition coefficient (Wildman–Crippen LogP) is 0.00590. The molecule has 116 valence electrons. The molecule has 2 atom stereocenters. The van der Waals surface area contributed by atoms with E-state index < -0.39 is 11.6 Å². The molecule has 8 heteroatoms. The number of tetrazole rings is 1.